The van der Waals surface area contributed by atoms with E-state index in [-0.39, 0.29) is 5.69 Å². The van der Waals surface area contributed by atoms with E-state index in [1.165, 1.54) is 31.4 Å². The standard InChI is InChI=1S/C13H17ClN2O2/c14-13-6-5-12(16(17)18)8-11(13)9-15-7-1-2-10-3-4-10/h5-6,8,10,15H,1-4,7,9H2. The Morgan fingerprint density at radius 2 is 2.22 bits per heavy atom. The van der Waals surface area contributed by atoms with E-state index >= 15 is 0 Å². The Kier molecular flexibility index (Phi) is 4.55. The lowest BCUT2D eigenvalue weighted by atomic mass is 10.2. The molecule has 0 bridgehead atoms. The van der Waals surface area contributed by atoms with Gasteiger partial charge in [0.15, 0.2) is 0 Å². The third-order valence-corrected chi connectivity index (χ3v) is 3.59. The van der Waals surface area contributed by atoms with Crippen molar-refractivity contribution in [3.05, 3.63) is 38.9 Å². The molecular formula is C13H17ClN2O2. The number of benzene rings is 1. The van der Waals surface area contributed by atoms with Crippen LogP contribution in [0.5, 0.6) is 0 Å². The van der Waals surface area contributed by atoms with Gasteiger partial charge in [-0.3, -0.25) is 10.1 Å². The van der Waals surface area contributed by atoms with Gasteiger partial charge in [0.2, 0.25) is 0 Å². The highest BCUT2D eigenvalue weighted by molar-refractivity contribution is 6.31. The van der Waals surface area contributed by atoms with Gasteiger partial charge in [0.05, 0.1) is 4.92 Å². The van der Waals surface area contributed by atoms with Crippen molar-refractivity contribution in [3.63, 3.8) is 0 Å². The second kappa shape index (κ2) is 6.16. The molecule has 0 saturated heterocycles. The third kappa shape index (κ3) is 3.96. The summed E-state index contributed by atoms with van der Waals surface area (Å²) < 4.78 is 0. The molecule has 4 nitrogen and oxygen atoms in total. The largest absolute Gasteiger partial charge is 0.313 e. The maximum absolute atomic E-state index is 10.7. The number of nitrogens with zero attached hydrogens (tertiary/aromatic N) is 1. The first-order valence-electron chi connectivity index (χ1n) is 6.30. The molecule has 1 saturated carbocycles. The number of rotatable bonds is 7. The van der Waals surface area contributed by atoms with Gasteiger partial charge in [-0.2, -0.15) is 0 Å². The van der Waals surface area contributed by atoms with Crippen molar-refractivity contribution in [1.29, 1.82) is 0 Å². The summed E-state index contributed by atoms with van der Waals surface area (Å²) in [6, 6.07) is 4.55. The van der Waals surface area contributed by atoms with Crippen LogP contribution in [-0.2, 0) is 6.54 Å². The predicted octanol–water partition coefficient (Wildman–Crippen LogP) is 3.53. The van der Waals surface area contributed by atoms with Gasteiger partial charge in [0.1, 0.15) is 0 Å². The van der Waals surface area contributed by atoms with E-state index in [2.05, 4.69) is 5.32 Å². The van der Waals surface area contributed by atoms with Gasteiger partial charge in [0, 0.05) is 23.7 Å². The second-order valence-electron chi connectivity index (χ2n) is 4.80. The molecular weight excluding hydrogens is 252 g/mol. The first-order chi connectivity index (χ1) is 8.66. The van der Waals surface area contributed by atoms with E-state index in [9.17, 15) is 10.1 Å². The molecule has 98 valence electrons. The maximum atomic E-state index is 10.7. The summed E-state index contributed by atoms with van der Waals surface area (Å²) in [5.41, 5.74) is 0.881. The molecule has 1 fully saturated rings. The van der Waals surface area contributed by atoms with E-state index in [0.717, 1.165) is 24.4 Å². The van der Waals surface area contributed by atoms with E-state index < -0.39 is 4.92 Å². The molecule has 2 rings (SSSR count). The van der Waals surface area contributed by atoms with Gasteiger partial charge in [0.25, 0.3) is 5.69 Å². The Balaban J connectivity index is 1.79. The monoisotopic (exact) mass is 268 g/mol. The Labute approximate surface area is 111 Å². The Hall–Kier alpha value is -1.13. The third-order valence-electron chi connectivity index (χ3n) is 3.22. The molecule has 0 atom stereocenters. The van der Waals surface area contributed by atoms with E-state index in [1.54, 1.807) is 6.07 Å². The van der Waals surface area contributed by atoms with E-state index in [0.29, 0.717) is 11.6 Å². The summed E-state index contributed by atoms with van der Waals surface area (Å²) in [4.78, 5) is 10.3. The van der Waals surface area contributed by atoms with Crippen LogP contribution in [0.25, 0.3) is 0 Å². The van der Waals surface area contributed by atoms with Crippen molar-refractivity contribution >= 4 is 17.3 Å². The van der Waals surface area contributed by atoms with Crippen LogP contribution in [0.1, 0.15) is 31.2 Å². The van der Waals surface area contributed by atoms with Gasteiger partial charge in [-0.25, -0.2) is 0 Å². The van der Waals surface area contributed by atoms with Crippen molar-refractivity contribution in [2.45, 2.75) is 32.2 Å². The molecule has 18 heavy (non-hydrogen) atoms. The second-order valence-corrected chi connectivity index (χ2v) is 5.20. The average molecular weight is 269 g/mol. The first-order valence-corrected chi connectivity index (χ1v) is 6.68. The fraction of sp³-hybridized carbons (Fsp3) is 0.538. The molecule has 1 aromatic rings. The summed E-state index contributed by atoms with van der Waals surface area (Å²) in [6.45, 7) is 1.53. The SMILES string of the molecule is O=[N+]([O-])c1ccc(Cl)c(CNCCCC2CC2)c1. The molecule has 0 unspecified atom stereocenters. The zero-order valence-corrected chi connectivity index (χ0v) is 10.9. The van der Waals surface area contributed by atoms with Crippen LogP contribution in [0.3, 0.4) is 0 Å². The minimum Gasteiger partial charge on any atom is -0.313 e. The first kappa shape index (κ1) is 13.3. The zero-order chi connectivity index (χ0) is 13.0. The number of non-ortho nitro benzene ring substituents is 1. The van der Waals surface area contributed by atoms with Crippen LogP contribution in [-0.4, -0.2) is 11.5 Å². The smallest absolute Gasteiger partial charge is 0.269 e. The predicted molar refractivity (Wildman–Crippen MR) is 71.8 cm³/mol. The fourth-order valence-corrected chi connectivity index (χ4v) is 2.14. The van der Waals surface area contributed by atoms with Crippen LogP contribution in [0.4, 0.5) is 5.69 Å². The highest BCUT2D eigenvalue weighted by atomic mass is 35.5. The summed E-state index contributed by atoms with van der Waals surface area (Å²) in [6.07, 6.45) is 5.22. The molecule has 0 aliphatic heterocycles. The summed E-state index contributed by atoms with van der Waals surface area (Å²) in [5.74, 6) is 0.952. The Morgan fingerprint density at radius 1 is 1.44 bits per heavy atom. The van der Waals surface area contributed by atoms with Gasteiger partial charge in [-0.15, -0.1) is 0 Å². The van der Waals surface area contributed by atoms with Crippen molar-refractivity contribution in [1.82, 2.24) is 5.32 Å². The molecule has 0 aromatic heterocycles. The Bertz CT molecular complexity index is 433. The molecule has 1 aromatic carbocycles. The number of hydrogen-bond acceptors (Lipinski definition) is 3. The van der Waals surface area contributed by atoms with E-state index in [1.807, 2.05) is 0 Å². The van der Waals surface area contributed by atoms with Crippen LogP contribution in [0.15, 0.2) is 18.2 Å². The van der Waals surface area contributed by atoms with Crippen LogP contribution >= 0.6 is 11.6 Å². The lowest BCUT2D eigenvalue weighted by molar-refractivity contribution is -0.384. The molecule has 5 heteroatoms. The lowest BCUT2D eigenvalue weighted by Crippen LogP contribution is -2.15. The van der Waals surface area contributed by atoms with Gasteiger partial charge < -0.3 is 5.32 Å². The van der Waals surface area contributed by atoms with Crippen molar-refractivity contribution in [2.24, 2.45) is 5.92 Å². The van der Waals surface area contributed by atoms with Crippen LogP contribution in [0, 0.1) is 16.0 Å². The Morgan fingerprint density at radius 3 is 2.89 bits per heavy atom. The summed E-state index contributed by atoms with van der Waals surface area (Å²) in [7, 11) is 0. The zero-order valence-electron chi connectivity index (χ0n) is 10.2. The maximum Gasteiger partial charge on any atom is 0.269 e. The number of nitro benzene ring substituents is 1. The minimum absolute atomic E-state index is 0.0918. The quantitative estimate of drug-likeness (QED) is 0.468. The molecule has 1 N–H and O–H groups in total. The number of hydrogen-bond donors (Lipinski definition) is 1. The van der Waals surface area contributed by atoms with Gasteiger partial charge in [-0.1, -0.05) is 24.4 Å². The molecule has 1 aliphatic carbocycles. The van der Waals surface area contributed by atoms with Crippen molar-refractivity contribution in [3.8, 4) is 0 Å². The van der Waals surface area contributed by atoms with Crippen LogP contribution in [0.2, 0.25) is 5.02 Å². The molecule has 1 aliphatic rings. The normalized spacial score (nSPS) is 14.7. The highest BCUT2D eigenvalue weighted by Crippen LogP contribution is 2.33. The molecule has 0 radical (unpaired) electrons. The topological polar surface area (TPSA) is 55.2 Å². The minimum atomic E-state index is -0.396. The van der Waals surface area contributed by atoms with Crippen LogP contribution < -0.4 is 5.32 Å². The summed E-state index contributed by atoms with van der Waals surface area (Å²) in [5, 5.41) is 14.5. The number of halogens is 1. The van der Waals surface area contributed by atoms with Crippen molar-refractivity contribution in [2.75, 3.05) is 6.54 Å². The molecule has 0 spiro atoms. The summed E-state index contributed by atoms with van der Waals surface area (Å²) >= 11 is 6.01. The lowest BCUT2D eigenvalue weighted by Gasteiger charge is -2.06. The molecule has 0 amide bonds. The van der Waals surface area contributed by atoms with Gasteiger partial charge in [-0.05, 0) is 36.9 Å². The fourth-order valence-electron chi connectivity index (χ4n) is 1.96. The number of nitro groups is 1. The van der Waals surface area contributed by atoms with Gasteiger partial charge >= 0.3 is 0 Å². The number of nitrogens with one attached hydrogen (secondary N) is 1. The highest BCUT2D eigenvalue weighted by Gasteiger charge is 2.19. The molecule has 0 heterocycles. The van der Waals surface area contributed by atoms with E-state index in [4.69, 9.17) is 11.6 Å². The van der Waals surface area contributed by atoms with Crippen molar-refractivity contribution < 1.29 is 4.92 Å². The average Bonchev–Trinajstić information content (AvgIpc) is 3.14.